The van der Waals surface area contributed by atoms with E-state index in [9.17, 15) is 4.79 Å². The van der Waals surface area contributed by atoms with Gasteiger partial charge in [0.2, 0.25) is 0 Å². The first kappa shape index (κ1) is 8.63. The van der Waals surface area contributed by atoms with Crippen LogP contribution in [0.1, 0.15) is 6.42 Å². The summed E-state index contributed by atoms with van der Waals surface area (Å²) < 4.78 is 0. The van der Waals surface area contributed by atoms with Gasteiger partial charge < -0.3 is 21.1 Å². The first-order valence-electron chi connectivity index (χ1n) is 3.68. The fourth-order valence-electron chi connectivity index (χ4n) is 1.27. The van der Waals surface area contributed by atoms with Gasteiger partial charge in [-0.15, -0.1) is 0 Å². The lowest BCUT2D eigenvalue weighted by atomic mass is 10.3. The highest BCUT2D eigenvalue weighted by atomic mass is 16.4. The second kappa shape index (κ2) is 3.29. The summed E-state index contributed by atoms with van der Waals surface area (Å²) in [5.41, 5.74) is 5.22. The summed E-state index contributed by atoms with van der Waals surface area (Å²) in [4.78, 5) is 11.9. The van der Waals surface area contributed by atoms with Gasteiger partial charge >= 0.3 is 6.09 Å². The van der Waals surface area contributed by atoms with Gasteiger partial charge in [0.1, 0.15) is 0 Å². The Morgan fingerprint density at radius 2 is 2.42 bits per heavy atom. The van der Waals surface area contributed by atoms with E-state index in [1.54, 1.807) is 4.90 Å². The predicted octanol–water partition coefficient (Wildman–Crippen LogP) is -0.778. The third kappa shape index (κ3) is 2.01. The molecule has 1 aliphatic rings. The van der Waals surface area contributed by atoms with Crippen molar-refractivity contribution in [1.29, 1.82) is 5.41 Å². The molecule has 1 atom stereocenters. The molecule has 0 saturated carbocycles. The molecule has 1 heterocycles. The molecule has 0 radical (unpaired) electrons. The fraction of sp³-hybridized carbons (Fsp3) is 0.667. The summed E-state index contributed by atoms with van der Waals surface area (Å²) >= 11 is 0. The Hall–Kier alpha value is -1.46. The van der Waals surface area contributed by atoms with E-state index in [1.165, 1.54) is 0 Å². The van der Waals surface area contributed by atoms with Crippen molar-refractivity contribution in [2.45, 2.75) is 12.5 Å². The highest BCUT2D eigenvalue weighted by molar-refractivity contribution is 5.75. The van der Waals surface area contributed by atoms with E-state index in [1.807, 2.05) is 0 Å². The van der Waals surface area contributed by atoms with E-state index in [-0.39, 0.29) is 12.0 Å². The maximum Gasteiger partial charge on any atom is 0.404 e. The molecule has 1 saturated heterocycles. The SMILES string of the molecule is N=C(N)N1CCC(NC(=O)O)C1. The minimum Gasteiger partial charge on any atom is -0.465 e. The van der Waals surface area contributed by atoms with Crippen molar-refractivity contribution in [3.8, 4) is 0 Å². The summed E-state index contributed by atoms with van der Waals surface area (Å²) in [7, 11) is 0. The van der Waals surface area contributed by atoms with E-state index in [0.29, 0.717) is 19.5 Å². The minimum absolute atomic E-state index is 0.00434. The third-order valence-electron chi connectivity index (χ3n) is 1.86. The summed E-state index contributed by atoms with van der Waals surface area (Å²) in [5, 5.41) is 17.8. The predicted molar refractivity (Wildman–Crippen MR) is 43.1 cm³/mol. The van der Waals surface area contributed by atoms with Gasteiger partial charge in [-0.3, -0.25) is 5.41 Å². The molecule has 0 aromatic rings. The maximum atomic E-state index is 10.2. The number of amides is 1. The maximum absolute atomic E-state index is 10.2. The van der Waals surface area contributed by atoms with Crippen molar-refractivity contribution in [2.75, 3.05) is 13.1 Å². The molecule has 0 aromatic carbocycles. The average molecular weight is 172 g/mol. The molecule has 68 valence electrons. The van der Waals surface area contributed by atoms with E-state index in [2.05, 4.69) is 5.32 Å². The van der Waals surface area contributed by atoms with Crippen molar-refractivity contribution >= 4 is 12.1 Å². The monoisotopic (exact) mass is 172 g/mol. The van der Waals surface area contributed by atoms with Gasteiger partial charge in [0.15, 0.2) is 5.96 Å². The smallest absolute Gasteiger partial charge is 0.404 e. The van der Waals surface area contributed by atoms with Crippen LogP contribution < -0.4 is 11.1 Å². The number of carbonyl (C=O) groups is 1. The Kier molecular flexibility index (Phi) is 2.37. The first-order chi connectivity index (χ1) is 5.59. The number of hydrogen-bond donors (Lipinski definition) is 4. The second-order valence-electron chi connectivity index (χ2n) is 2.77. The Balaban J connectivity index is 2.35. The molecule has 5 N–H and O–H groups in total. The highest BCUT2D eigenvalue weighted by Crippen LogP contribution is 2.07. The lowest BCUT2D eigenvalue weighted by Gasteiger charge is -2.15. The number of nitrogens with zero attached hydrogens (tertiary/aromatic N) is 1. The summed E-state index contributed by atoms with van der Waals surface area (Å²) in [5.74, 6) is 0.00434. The molecular formula is C6H12N4O2. The van der Waals surface area contributed by atoms with Gasteiger partial charge in [-0.1, -0.05) is 0 Å². The first-order valence-corrected chi connectivity index (χ1v) is 3.68. The van der Waals surface area contributed by atoms with Gasteiger partial charge in [0.05, 0.1) is 6.04 Å². The molecule has 0 bridgehead atoms. The average Bonchev–Trinajstić information content (AvgIpc) is 2.34. The van der Waals surface area contributed by atoms with Crippen LogP contribution in [-0.4, -0.2) is 41.2 Å². The largest absolute Gasteiger partial charge is 0.465 e. The van der Waals surface area contributed by atoms with Crippen LogP contribution in [0.4, 0.5) is 4.79 Å². The van der Waals surface area contributed by atoms with Gasteiger partial charge in [0.25, 0.3) is 0 Å². The van der Waals surface area contributed by atoms with Crippen molar-refractivity contribution in [3.63, 3.8) is 0 Å². The zero-order chi connectivity index (χ0) is 9.14. The van der Waals surface area contributed by atoms with E-state index in [4.69, 9.17) is 16.2 Å². The molecule has 12 heavy (non-hydrogen) atoms. The number of nitrogens with one attached hydrogen (secondary N) is 2. The van der Waals surface area contributed by atoms with E-state index in [0.717, 1.165) is 0 Å². The number of nitrogens with two attached hydrogens (primary N) is 1. The van der Waals surface area contributed by atoms with Gasteiger partial charge in [-0.25, -0.2) is 4.79 Å². The number of likely N-dealkylation sites (tertiary alicyclic amines) is 1. The zero-order valence-electron chi connectivity index (χ0n) is 6.58. The molecule has 0 spiro atoms. The summed E-state index contributed by atoms with van der Waals surface area (Å²) in [6.07, 6.45) is -0.309. The van der Waals surface area contributed by atoms with Crippen LogP contribution in [0, 0.1) is 5.41 Å². The van der Waals surface area contributed by atoms with E-state index < -0.39 is 6.09 Å². The molecule has 0 aliphatic carbocycles. The van der Waals surface area contributed by atoms with Crippen LogP contribution in [0.5, 0.6) is 0 Å². The number of hydrogen-bond acceptors (Lipinski definition) is 2. The van der Waals surface area contributed by atoms with Crippen molar-refractivity contribution in [1.82, 2.24) is 10.2 Å². The molecule has 1 rings (SSSR count). The van der Waals surface area contributed by atoms with Gasteiger partial charge in [-0.2, -0.15) is 0 Å². The molecule has 6 heteroatoms. The molecule has 6 nitrogen and oxygen atoms in total. The third-order valence-corrected chi connectivity index (χ3v) is 1.86. The Bertz CT molecular complexity index is 206. The number of guanidine groups is 1. The quantitative estimate of drug-likeness (QED) is 0.308. The van der Waals surface area contributed by atoms with Crippen LogP contribution in [0.3, 0.4) is 0 Å². The topological polar surface area (TPSA) is 102 Å². The van der Waals surface area contributed by atoms with Crippen LogP contribution in [0.25, 0.3) is 0 Å². The van der Waals surface area contributed by atoms with Crippen molar-refractivity contribution in [3.05, 3.63) is 0 Å². The van der Waals surface area contributed by atoms with Crippen LogP contribution in [0.2, 0.25) is 0 Å². The van der Waals surface area contributed by atoms with Crippen molar-refractivity contribution in [2.24, 2.45) is 5.73 Å². The number of carboxylic acid groups (broad SMARTS) is 1. The lowest BCUT2D eigenvalue weighted by Crippen LogP contribution is -2.39. The summed E-state index contributed by atoms with van der Waals surface area (Å²) in [6, 6.07) is -0.0913. The lowest BCUT2D eigenvalue weighted by molar-refractivity contribution is 0.190. The minimum atomic E-state index is -1.02. The highest BCUT2D eigenvalue weighted by Gasteiger charge is 2.23. The standard InChI is InChI=1S/C6H12N4O2/c7-5(8)10-2-1-4(3-10)9-6(11)12/h4,9H,1-3H2,(H3,7,8)(H,11,12). The van der Waals surface area contributed by atoms with Gasteiger partial charge in [-0.05, 0) is 6.42 Å². The normalized spacial score (nSPS) is 22.3. The molecule has 1 amide bonds. The summed E-state index contributed by atoms with van der Waals surface area (Å²) in [6.45, 7) is 1.15. The van der Waals surface area contributed by atoms with Crippen LogP contribution >= 0.6 is 0 Å². The van der Waals surface area contributed by atoms with E-state index >= 15 is 0 Å². The molecule has 1 unspecified atom stereocenters. The van der Waals surface area contributed by atoms with Gasteiger partial charge in [0, 0.05) is 13.1 Å². The zero-order valence-corrected chi connectivity index (χ0v) is 6.58. The van der Waals surface area contributed by atoms with Crippen LogP contribution in [0.15, 0.2) is 0 Å². The Labute approximate surface area is 69.8 Å². The Morgan fingerprint density at radius 3 is 2.83 bits per heavy atom. The molecule has 1 aliphatic heterocycles. The van der Waals surface area contributed by atoms with Crippen LogP contribution in [-0.2, 0) is 0 Å². The molecular weight excluding hydrogens is 160 g/mol. The number of rotatable bonds is 1. The second-order valence-corrected chi connectivity index (χ2v) is 2.77. The fourth-order valence-corrected chi connectivity index (χ4v) is 1.27. The molecule has 0 aromatic heterocycles. The Morgan fingerprint density at radius 1 is 1.75 bits per heavy atom. The molecule has 1 fully saturated rings. The van der Waals surface area contributed by atoms with Crippen molar-refractivity contribution < 1.29 is 9.90 Å².